The van der Waals surface area contributed by atoms with E-state index in [0.717, 1.165) is 0 Å². The number of para-hydroxylation sites is 1. The van der Waals surface area contributed by atoms with Gasteiger partial charge in [-0.2, -0.15) is 24.9 Å². The van der Waals surface area contributed by atoms with E-state index >= 15 is 0 Å². The SMILES string of the molecule is Cc1cc(NC(=O)c2ccccc2[N+](=O)[O-])n(C2=NC(=O)C3C=NN(C)C3=N2)n1. The molecular formula is C17H14N8O4. The number of nitrogens with one attached hydrogen (secondary N) is 1. The molecule has 1 aromatic carbocycles. The highest BCUT2D eigenvalue weighted by Crippen LogP contribution is 2.22. The van der Waals surface area contributed by atoms with Gasteiger partial charge in [0, 0.05) is 25.4 Å². The first-order valence-corrected chi connectivity index (χ1v) is 8.46. The van der Waals surface area contributed by atoms with Crippen LogP contribution in [0.3, 0.4) is 0 Å². The van der Waals surface area contributed by atoms with Gasteiger partial charge < -0.3 is 5.32 Å². The highest BCUT2D eigenvalue weighted by atomic mass is 16.6. The van der Waals surface area contributed by atoms with Crippen molar-refractivity contribution in [2.75, 3.05) is 12.4 Å². The lowest BCUT2D eigenvalue weighted by Crippen LogP contribution is -2.35. The van der Waals surface area contributed by atoms with Crippen LogP contribution in [-0.4, -0.2) is 56.6 Å². The topological polar surface area (TPSA) is 147 Å². The summed E-state index contributed by atoms with van der Waals surface area (Å²) < 4.78 is 1.20. The number of aromatic nitrogens is 2. The highest BCUT2D eigenvalue weighted by Gasteiger charge is 2.35. The predicted octanol–water partition coefficient (Wildman–Crippen LogP) is 1.04. The molecule has 0 spiro atoms. The first-order chi connectivity index (χ1) is 13.8. The van der Waals surface area contributed by atoms with E-state index in [1.165, 1.54) is 40.2 Å². The molecular weight excluding hydrogens is 380 g/mol. The lowest BCUT2D eigenvalue weighted by Gasteiger charge is -2.17. The Bertz CT molecular complexity index is 1150. The van der Waals surface area contributed by atoms with Gasteiger partial charge in [0.2, 0.25) is 0 Å². The van der Waals surface area contributed by atoms with Crippen molar-refractivity contribution in [3.8, 4) is 0 Å². The van der Waals surface area contributed by atoms with E-state index in [0.29, 0.717) is 11.5 Å². The Hall–Kier alpha value is -4.22. The van der Waals surface area contributed by atoms with Crippen molar-refractivity contribution < 1.29 is 14.5 Å². The average Bonchev–Trinajstić information content (AvgIpc) is 3.24. The third-order valence-electron chi connectivity index (χ3n) is 4.30. The second-order valence-corrected chi connectivity index (χ2v) is 6.30. The molecule has 2 aliphatic heterocycles. The number of nitro benzene ring substituents is 1. The average molecular weight is 394 g/mol. The maximum absolute atomic E-state index is 12.7. The maximum atomic E-state index is 12.7. The van der Waals surface area contributed by atoms with Gasteiger partial charge in [-0.3, -0.25) is 24.7 Å². The van der Waals surface area contributed by atoms with Crippen molar-refractivity contribution in [1.82, 2.24) is 14.8 Å². The fourth-order valence-corrected chi connectivity index (χ4v) is 2.95. The number of benzene rings is 1. The van der Waals surface area contributed by atoms with Crippen LogP contribution < -0.4 is 5.32 Å². The number of hydrazone groups is 1. The third-order valence-corrected chi connectivity index (χ3v) is 4.30. The van der Waals surface area contributed by atoms with E-state index in [1.807, 2.05) is 0 Å². The van der Waals surface area contributed by atoms with Gasteiger partial charge in [-0.1, -0.05) is 12.1 Å². The summed E-state index contributed by atoms with van der Waals surface area (Å²) in [7, 11) is 1.65. The first kappa shape index (κ1) is 18.2. The Labute approximate surface area is 163 Å². The molecule has 2 aliphatic rings. The number of aliphatic imine (C=N–C) groups is 2. The number of hydrogen-bond donors (Lipinski definition) is 1. The normalized spacial score (nSPS) is 17.7. The molecule has 0 bridgehead atoms. The zero-order valence-corrected chi connectivity index (χ0v) is 15.3. The molecule has 29 heavy (non-hydrogen) atoms. The van der Waals surface area contributed by atoms with Gasteiger partial charge in [-0.05, 0) is 13.0 Å². The van der Waals surface area contributed by atoms with Crippen molar-refractivity contribution in [3.63, 3.8) is 0 Å². The van der Waals surface area contributed by atoms with Crippen LogP contribution in [0.25, 0.3) is 0 Å². The fourth-order valence-electron chi connectivity index (χ4n) is 2.95. The minimum Gasteiger partial charge on any atom is -0.306 e. The zero-order chi connectivity index (χ0) is 20.7. The Morgan fingerprint density at radius 1 is 1.28 bits per heavy atom. The van der Waals surface area contributed by atoms with Crippen LogP contribution in [0.2, 0.25) is 0 Å². The molecule has 4 rings (SSSR count). The standard InChI is InChI=1S/C17H14N8O4/c1-9-7-13(19-15(26)10-5-3-4-6-12(10)25(28)29)24(22-9)17-20-14-11(16(27)21-17)8-18-23(14)2/h3-8,11H,1-2H3,(H,19,26). The Morgan fingerprint density at radius 3 is 2.79 bits per heavy atom. The molecule has 2 amide bonds. The predicted molar refractivity (Wildman–Crippen MR) is 103 cm³/mol. The van der Waals surface area contributed by atoms with Gasteiger partial charge in [0.25, 0.3) is 23.5 Å². The number of carbonyl (C=O) groups is 2. The fraction of sp³-hybridized carbons (Fsp3) is 0.176. The summed E-state index contributed by atoms with van der Waals surface area (Å²) in [5.74, 6) is -1.28. The molecule has 12 heteroatoms. The molecule has 0 saturated heterocycles. The molecule has 146 valence electrons. The van der Waals surface area contributed by atoms with E-state index in [9.17, 15) is 19.7 Å². The van der Waals surface area contributed by atoms with Gasteiger partial charge in [0.1, 0.15) is 23.1 Å². The van der Waals surface area contributed by atoms with Crippen LogP contribution in [0.5, 0.6) is 0 Å². The zero-order valence-electron chi connectivity index (χ0n) is 15.3. The monoisotopic (exact) mass is 394 g/mol. The van der Waals surface area contributed by atoms with Crippen molar-refractivity contribution in [3.05, 3.63) is 51.7 Å². The Kier molecular flexibility index (Phi) is 4.22. The van der Waals surface area contributed by atoms with Crippen molar-refractivity contribution in [1.29, 1.82) is 0 Å². The largest absolute Gasteiger partial charge is 0.306 e. The summed E-state index contributed by atoms with van der Waals surface area (Å²) in [4.78, 5) is 43.8. The smallest absolute Gasteiger partial charge is 0.282 e. The summed E-state index contributed by atoms with van der Waals surface area (Å²) in [6.45, 7) is 1.68. The lowest BCUT2D eigenvalue weighted by molar-refractivity contribution is -0.385. The molecule has 3 heterocycles. The van der Waals surface area contributed by atoms with E-state index in [1.54, 1.807) is 20.0 Å². The summed E-state index contributed by atoms with van der Waals surface area (Å²) in [5, 5.41) is 23.5. The summed E-state index contributed by atoms with van der Waals surface area (Å²) in [6.07, 6.45) is 1.45. The van der Waals surface area contributed by atoms with Crippen LogP contribution in [0, 0.1) is 23.0 Å². The van der Waals surface area contributed by atoms with Crippen molar-refractivity contribution in [2.45, 2.75) is 6.92 Å². The van der Waals surface area contributed by atoms with Crippen LogP contribution in [0.1, 0.15) is 16.1 Å². The lowest BCUT2D eigenvalue weighted by atomic mass is 10.1. The van der Waals surface area contributed by atoms with E-state index < -0.39 is 22.7 Å². The van der Waals surface area contributed by atoms with Crippen LogP contribution in [0.15, 0.2) is 45.4 Å². The number of hydrogen-bond acceptors (Lipinski definition) is 8. The van der Waals surface area contributed by atoms with Gasteiger partial charge in [-0.15, -0.1) is 0 Å². The van der Waals surface area contributed by atoms with Gasteiger partial charge in [-0.25, -0.2) is 0 Å². The second-order valence-electron chi connectivity index (χ2n) is 6.30. The highest BCUT2D eigenvalue weighted by molar-refractivity contribution is 6.24. The molecule has 1 unspecified atom stereocenters. The quantitative estimate of drug-likeness (QED) is 0.607. The number of rotatable bonds is 3. The Balaban J connectivity index is 1.69. The minimum atomic E-state index is -0.701. The number of aryl methyl sites for hydroxylation is 1. The van der Waals surface area contributed by atoms with Gasteiger partial charge in [0.15, 0.2) is 0 Å². The molecule has 1 aromatic heterocycles. The number of nitro groups is 1. The molecule has 1 atom stereocenters. The molecule has 2 aromatic rings. The Morgan fingerprint density at radius 2 is 2.03 bits per heavy atom. The molecule has 1 N–H and O–H groups in total. The molecule has 0 saturated carbocycles. The molecule has 0 radical (unpaired) electrons. The number of amidine groups is 1. The maximum Gasteiger partial charge on any atom is 0.282 e. The summed E-state index contributed by atoms with van der Waals surface area (Å²) >= 11 is 0. The van der Waals surface area contributed by atoms with E-state index in [2.05, 4.69) is 25.5 Å². The van der Waals surface area contributed by atoms with E-state index in [4.69, 9.17) is 0 Å². The van der Waals surface area contributed by atoms with Crippen LogP contribution >= 0.6 is 0 Å². The van der Waals surface area contributed by atoms with Gasteiger partial charge in [0.05, 0.1) is 10.6 Å². The number of nitrogens with zero attached hydrogens (tertiary/aromatic N) is 7. The molecule has 0 fully saturated rings. The van der Waals surface area contributed by atoms with Crippen molar-refractivity contribution >= 4 is 41.3 Å². The van der Waals surface area contributed by atoms with Crippen LogP contribution in [0.4, 0.5) is 11.5 Å². The number of anilines is 1. The molecule has 12 nitrogen and oxygen atoms in total. The summed E-state index contributed by atoms with van der Waals surface area (Å²) in [6, 6.07) is 7.12. The van der Waals surface area contributed by atoms with Crippen molar-refractivity contribution in [2.24, 2.45) is 21.0 Å². The second kappa shape index (κ2) is 6.74. The minimum absolute atomic E-state index is 0.0374. The summed E-state index contributed by atoms with van der Waals surface area (Å²) in [5.41, 5.74) is 0.0852. The number of carbonyl (C=O) groups excluding carboxylic acids is 2. The first-order valence-electron chi connectivity index (χ1n) is 8.46. The number of fused-ring (bicyclic) bond motifs is 1. The molecule has 0 aliphatic carbocycles. The van der Waals surface area contributed by atoms with Crippen LogP contribution in [-0.2, 0) is 4.79 Å². The van der Waals surface area contributed by atoms with E-state index in [-0.39, 0.29) is 23.0 Å². The van der Waals surface area contributed by atoms with Gasteiger partial charge >= 0.3 is 0 Å². The third kappa shape index (κ3) is 3.16. The number of amides is 2.